The summed E-state index contributed by atoms with van der Waals surface area (Å²) in [7, 11) is 0. The van der Waals surface area contributed by atoms with Crippen molar-refractivity contribution in [1.82, 2.24) is 9.13 Å². The average molecular weight is 601 g/mol. The fourth-order valence-corrected chi connectivity index (χ4v) is 8.10. The van der Waals surface area contributed by atoms with Crippen molar-refractivity contribution in [1.29, 1.82) is 0 Å². The molecule has 0 saturated heterocycles. The summed E-state index contributed by atoms with van der Waals surface area (Å²) in [6, 6.07) is 56.3. The number of hydrogen-bond donors (Lipinski definition) is 0. The molecule has 0 saturated carbocycles. The highest BCUT2D eigenvalue weighted by Crippen LogP contribution is 2.43. The summed E-state index contributed by atoms with van der Waals surface area (Å²) in [4.78, 5) is 0. The molecule has 0 bridgehead atoms. The number of aromatic nitrogens is 2. The lowest BCUT2D eigenvalue weighted by atomic mass is 9.93. The molecule has 0 unspecified atom stereocenters. The van der Waals surface area contributed by atoms with Crippen LogP contribution in [0, 0.1) is 0 Å². The Balaban J connectivity index is 1.36. The van der Waals surface area contributed by atoms with Gasteiger partial charge < -0.3 is 9.13 Å². The molecule has 10 aromatic rings. The molecule has 2 heteroatoms. The molecule has 0 aliphatic carbocycles. The average Bonchev–Trinajstić information content (AvgIpc) is 3.62. The molecule has 2 nitrogen and oxygen atoms in total. The Hall–Kier alpha value is -5.86. The lowest BCUT2D eigenvalue weighted by molar-refractivity contribution is 0.866. The predicted octanol–water partition coefficient (Wildman–Crippen LogP) is 12.5. The SMILES string of the molecule is CC(C)c1ccc(-n2c3ccccc3c3cc4c(cc32)c2ccccc2n4-c2cccc3c4ccccc4c4ccccc4c23)cc1. The van der Waals surface area contributed by atoms with Crippen LogP contribution in [0.3, 0.4) is 0 Å². The van der Waals surface area contributed by atoms with Gasteiger partial charge in [0, 0.05) is 32.6 Å². The maximum absolute atomic E-state index is 2.51. The molecular weight excluding hydrogens is 569 g/mol. The van der Waals surface area contributed by atoms with E-state index in [0.717, 1.165) is 0 Å². The van der Waals surface area contributed by atoms with Crippen LogP contribution in [0.15, 0.2) is 152 Å². The molecule has 0 atom stereocenters. The smallest absolute Gasteiger partial charge is 0.0549 e. The van der Waals surface area contributed by atoms with E-state index in [2.05, 4.69) is 175 Å². The molecule has 2 aromatic heterocycles. The molecule has 222 valence electrons. The third-order valence-corrected chi connectivity index (χ3v) is 10.3. The van der Waals surface area contributed by atoms with Gasteiger partial charge in [-0.15, -0.1) is 0 Å². The molecule has 0 spiro atoms. The molecule has 0 aliphatic heterocycles. The van der Waals surface area contributed by atoms with Crippen LogP contribution in [0.5, 0.6) is 0 Å². The zero-order valence-corrected chi connectivity index (χ0v) is 26.4. The fourth-order valence-electron chi connectivity index (χ4n) is 8.10. The van der Waals surface area contributed by atoms with Crippen molar-refractivity contribution < 1.29 is 0 Å². The maximum atomic E-state index is 2.51. The summed E-state index contributed by atoms with van der Waals surface area (Å²) in [5.41, 5.74) is 8.66. The van der Waals surface area contributed by atoms with Gasteiger partial charge >= 0.3 is 0 Å². The first-order valence-electron chi connectivity index (χ1n) is 16.6. The second-order valence-corrected chi connectivity index (χ2v) is 13.1. The van der Waals surface area contributed by atoms with Gasteiger partial charge in [0.15, 0.2) is 0 Å². The standard InChI is InChI=1S/C45H32N2/c1-28(2)29-22-24-30(25-23-29)46-40-19-9-7-15-34(40)38-27-44-39(26-43(38)46)35-16-8-10-20-41(35)47(44)42-21-11-18-37-33-13-4-3-12-31(33)32-14-5-6-17-36(32)45(37)42/h3-28H,1-2H3. The van der Waals surface area contributed by atoms with Crippen molar-refractivity contribution in [2.24, 2.45) is 0 Å². The topological polar surface area (TPSA) is 9.86 Å². The van der Waals surface area contributed by atoms with Crippen LogP contribution in [0.1, 0.15) is 25.3 Å². The van der Waals surface area contributed by atoms with Crippen LogP contribution in [-0.4, -0.2) is 9.13 Å². The van der Waals surface area contributed by atoms with Crippen molar-refractivity contribution in [2.75, 3.05) is 0 Å². The van der Waals surface area contributed by atoms with Gasteiger partial charge in [0.2, 0.25) is 0 Å². The second kappa shape index (κ2) is 9.82. The third-order valence-electron chi connectivity index (χ3n) is 10.3. The fraction of sp³-hybridized carbons (Fsp3) is 0.0667. The molecule has 47 heavy (non-hydrogen) atoms. The molecule has 0 aliphatic rings. The Morgan fingerprint density at radius 3 is 1.38 bits per heavy atom. The van der Waals surface area contributed by atoms with Gasteiger partial charge in [-0.2, -0.15) is 0 Å². The Bertz CT molecular complexity index is 2820. The molecule has 0 amide bonds. The largest absolute Gasteiger partial charge is 0.309 e. The van der Waals surface area contributed by atoms with Crippen LogP contribution in [-0.2, 0) is 0 Å². The maximum Gasteiger partial charge on any atom is 0.0549 e. The van der Waals surface area contributed by atoms with Crippen molar-refractivity contribution in [2.45, 2.75) is 19.8 Å². The van der Waals surface area contributed by atoms with Gasteiger partial charge in [0.1, 0.15) is 0 Å². The minimum Gasteiger partial charge on any atom is -0.309 e. The normalized spacial score (nSPS) is 12.2. The van der Waals surface area contributed by atoms with Crippen LogP contribution < -0.4 is 0 Å². The minimum absolute atomic E-state index is 0.497. The van der Waals surface area contributed by atoms with E-state index in [1.807, 2.05) is 0 Å². The molecule has 10 rings (SSSR count). The summed E-state index contributed by atoms with van der Waals surface area (Å²) in [6.45, 7) is 4.51. The molecule has 8 aromatic carbocycles. The molecule has 2 heterocycles. The Morgan fingerprint density at radius 1 is 0.362 bits per heavy atom. The number of para-hydroxylation sites is 2. The van der Waals surface area contributed by atoms with E-state index in [4.69, 9.17) is 0 Å². The molecule has 0 radical (unpaired) electrons. The first-order valence-corrected chi connectivity index (χ1v) is 16.6. The number of benzene rings is 8. The van der Waals surface area contributed by atoms with Gasteiger partial charge in [0.25, 0.3) is 0 Å². The van der Waals surface area contributed by atoms with E-state index in [-0.39, 0.29) is 0 Å². The predicted molar refractivity (Wildman–Crippen MR) is 202 cm³/mol. The van der Waals surface area contributed by atoms with Crippen LogP contribution in [0.4, 0.5) is 0 Å². The summed E-state index contributed by atoms with van der Waals surface area (Å²) in [6.07, 6.45) is 0. The van der Waals surface area contributed by atoms with Crippen molar-refractivity contribution >= 4 is 75.9 Å². The van der Waals surface area contributed by atoms with Crippen molar-refractivity contribution in [3.8, 4) is 11.4 Å². The van der Waals surface area contributed by atoms with E-state index in [0.29, 0.717) is 5.92 Å². The van der Waals surface area contributed by atoms with E-state index in [1.165, 1.54) is 92.9 Å². The Labute approximate surface area is 272 Å². The Morgan fingerprint density at radius 2 is 0.809 bits per heavy atom. The monoisotopic (exact) mass is 600 g/mol. The lowest BCUT2D eigenvalue weighted by Crippen LogP contribution is -1.97. The highest BCUT2D eigenvalue weighted by atomic mass is 15.0. The first-order chi connectivity index (χ1) is 23.2. The number of nitrogens with zero attached hydrogens (tertiary/aromatic N) is 2. The van der Waals surface area contributed by atoms with E-state index in [9.17, 15) is 0 Å². The van der Waals surface area contributed by atoms with Gasteiger partial charge in [-0.05, 0) is 80.9 Å². The highest BCUT2D eigenvalue weighted by molar-refractivity contribution is 6.28. The van der Waals surface area contributed by atoms with E-state index in [1.54, 1.807) is 0 Å². The van der Waals surface area contributed by atoms with Crippen molar-refractivity contribution in [3.63, 3.8) is 0 Å². The highest BCUT2D eigenvalue weighted by Gasteiger charge is 2.20. The summed E-state index contributed by atoms with van der Waals surface area (Å²) in [5.74, 6) is 0.497. The summed E-state index contributed by atoms with van der Waals surface area (Å²) >= 11 is 0. The van der Waals surface area contributed by atoms with Crippen LogP contribution >= 0.6 is 0 Å². The minimum atomic E-state index is 0.497. The van der Waals surface area contributed by atoms with Gasteiger partial charge in [-0.1, -0.05) is 123 Å². The molecule has 0 fully saturated rings. The number of fused-ring (bicyclic) bond motifs is 12. The molecular formula is C45H32N2. The van der Waals surface area contributed by atoms with E-state index >= 15 is 0 Å². The van der Waals surface area contributed by atoms with E-state index < -0.39 is 0 Å². The van der Waals surface area contributed by atoms with Gasteiger partial charge in [0.05, 0.1) is 27.8 Å². The lowest BCUT2D eigenvalue weighted by Gasteiger charge is -2.16. The van der Waals surface area contributed by atoms with Gasteiger partial charge in [-0.25, -0.2) is 0 Å². The second-order valence-electron chi connectivity index (χ2n) is 13.1. The summed E-state index contributed by atoms with van der Waals surface area (Å²) < 4.78 is 4.95. The van der Waals surface area contributed by atoms with Crippen LogP contribution in [0.25, 0.3) is 87.3 Å². The van der Waals surface area contributed by atoms with Gasteiger partial charge in [-0.3, -0.25) is 0 Å². The van der Waals surface area contributed by atoms with Crippen LogP contribution in [0.2, 0.25) is 0 Å². The third kappa shape index (κ3) is 3.67. The molecule has 0 N–H and O–H groups in total. The Kier molecular flexibility index (Phi) is 5.51. The first kappa shape index (κ1) is 26.4. The quantitative estimate of drug-likeness (QED) is 0.179. The summed E-state index contributed by atoms with van der Waals surface area (Å²) in [5, 5.41) is 12.8. The zero-order chi connectivity index (χ0) is 31.2. The number of rotatable bonds is 3. The zero-order valence-electron chi connectivity index (χ0n) is 26.4. The van der Waals surface area contributed by atoms with Crippen molar-refractivity contribution in [3.05, 3.63) is 157 Å². The number of hydrogen-bond acceptors (Lipinski definition) is 0.